The van der Waals surface area contributed by atoms with Crippen molar-refractivity contribution < 1.29 is 48.7 Å². The summed E-state index contributed by atoms with van der Waals surface area (Å²) in [5.41, 5.74) is 1.17. The number of esters is 2. The third-order valence-corrected chi connectivity index (χ3v) is 11.1. The predicted molar refractivity (Wildman–Crippen MR) is 189 cm³/mol. The number of carbonyl (C=O) groups excluding carboxylic acids is 4. The molecule has 2 aliphatic heterocycles. The second-order valence-electron chi connectivity index (χ2n) is 14.0. The van der Waals surface area contributed by atoms with Gasteiger partial charge in [0.15, 0.2) is 18.3 Å². The first-order valence-electron chi connectivity index (χ1n) is 17.9. The molecular formula is C40H43N3O10. The number of aliphatic hydroxyl groups is 3. The van der Waals surface area contributed by atoms with Crippen molar-refractivity contribution in [2.45, 2.75) is 74.1 Å². The molecule has 4 aliphatic rings. The zero-order valence-corrected chi connectivity index (χ0v) is 29.3. The van der Waals surface area contributed by atoms with E-state index in [4.69, 9.17) is 14.2 Å². The van der Waals surface area contributed by atoms with Crippen LogP contribution in [-0.2, 0) is 47.1 Å². The van der Waals surface area contributed by atoms with Crippen LogP contribution in [0.25, 0.3) is 0 Å². The van der Waals surface area contributed by atoms with Crippen molar-refractivity contribution >= 4 is 23.8 Å². The first-order valence-corrected chi connectivity index (χ1v) is 17.9. The summed E-state index contributed by atoms with van der Waals surface area (Å²) in [5.74, 6) is -1.69. The van der Waals surface area contributed by atoms with Gasteiger partial charge < -0.3 is 40.2 Å². The number of carbonyl (C=O) groups is 4. The molecule has 7 rings (SSSR count). The summed E-state index contributed by atoms with van der Waals surface area (Å²) in [7, 11) is 1.99. The molecule has 2 unspecified atom stereocenters. The highest BCUT2D eigenvalue weighted by Gasteiger charge is 2.74. The smallest absolute Gasteiger partial charge is 0.312 e. The fraction of sp³-hybridized carbons (Fsp3) is 0.400. The van der Waals surface area contributed by atoms with Crippen molar-refractivity contribution in [2.24, 2.45) is 0 Å². The van der Waals surface area contributed by atoms with E-state index < -0.39 is 53.1 Å². The van der Waals surface area contributed by atoms with Crippen molar-refractivity contribution in [1.82, 2.24) is 15.5 Å². The summed E-state index contributed by atoms with van der Waals surface area (Å²) >= 11 is 0. The van der Waals surface area contributed by atoms with Crippen LogP contribution in [0.3, 0.4) is 0 Å². The minimum Gasteiger partial charge on any atom is -0.481 e. The molecule has 2 heterocycles. The van der Waals surface area contributed by atoms with Gasteiger partial charge in [-0.2, -0.15) is 0 Å². The maximum absolute atomic E-state index is 13.8. The minimum atomic E-state index is -1.38. The molecular weight excluding hydrogens is 682 g/mol. The molecule has 0 radical (unpaired) electrons. The van der Waals surface area contributed by atoms with Gasteiger partial charge in [0, 0.05) is 30.6 Å². The molecule has 53 heavy (non-hydrogen) atoms. The largest absolute Gasteiger partial charge is 0.481 e. The maximum atomic E-state index is 13.8. The Balaban J connectivity index is 1.10. The first-order chi connectivity index (χ1) is 25.6. The molecule has 2 bridgehead atoms. The molecule has 2 aliphatic carbocycles. The van der Waals surface area contributed by atoms with Crippen molar-refractivity contribution in [3.63, 3.8) is 0 Å². The molecule has 278 valence electrons. The average Bonchev–Trinajstić information content (AvgIpc) is 3.53. The highest BCUT2D eigenvalue weighted by Crippen LogP contribution is 2.65. The lowest BCUT2D eigenvalue weighted by Crippen LogP contribution is -2.75. The van der Waals surface area contributed by atoms with Crippen LogP contribution in [0, 0.1) is 0 Å². The fourth-order valence-electron chi connectivity index (χ4n) is 8.58. The number of aliphatic hydroxyl groups excluding tert-OH is 3. The van der Waals surface area contributed by atoms with E-state index in [9.17, 15) is 34.5 Å². The minimum absolute atomic E-state index is 0.0564. The molecule has 0 saturated carbocycles. The summed E-state index contributed by atoms with van der Waals surface area (Å²) in [6.07, 6.45) is -0.985. The lowest BCUT2D eigenvalue weighted by Gasteiger charge is -2.62. The second kappa shape index (κ2) is 14.7. The number of benzene rings is 3. The van der Waals surface area contributed by atoms with E-state index in [1.807, 2.05) is 19.2 Å². The van der Waals surface area contributed by atoms with Crippen molar-refractivity contribution in [3.8, 4) is 5.75 Å². The maximum Gasteiger partial charge on any atom is 0.312 e. The highest BCUT2D eigenvalue weighted by atomic mass is 16.6. The SMILES string of the molecule is CN1CCC23c4c5ccc(CO)c4OC2C(OC(=O)CCNC(=O)[C@@H](O)c2ccccc2)=CC[C@@]3(OC(=O)CCNC(=O)[C@@H](O)c2ccccc2)[C@H]1C5. The van der Waals surface area contributed by atoms with Crippen molar-refractivity contribution in [2.75, 3.05) is 26.7 Å². The molecule has 5 N–H and O–H groups in total. The van der Waals surface area contributed by atoms with E-state index in [0.29, 0.717) is 41.8 Å². The first kappa shape index (κ1) is 36.3. The van der Waals surface area contributed by atoms with Crippen LogP contribution in [0.5, 0.6) is 5.75 Å². The summed E-state index contributed by atoms with van der Waals surface area (Å²) in [5, 5.41) is 36.4. The van der Waals surface area contributed by atoms with Gasteiger partial charge in [0.1, 0.15) is 17.1 Å². The van der Waals surface area contributed by atoms with E-state index in [2.05, 4.69) is 15.5 Å². The number of nitrogens with one attached hydrogen (secondary N) is 2. The Labute approximate surface area is 306 Å². The summed E-state index contributed by atoms with van der Waals surface area (Å²) in [4.78, 5) is 54.4. The zero-order valence-electron chi connectivity index (χ0n) is 29.3. The van der Waals surface area contributed by atoms with Gasteiger partial charge in [-0.05, 0) is 49.2 Å². The van der Waals surface area contributed by atoms with Crippen LogP contribution < -0.4 is 15.4 Å². The molecule has 2 amide bonds. The number of nitrogens with zero attached hydrogens (tertiary/aromatic N) is 1. The van der Waals surface area contributed by atoms with Gasteiger partial charge in [0.25, 0.3) is 11.8 Å². The van der Waals surface area contributed by atoms with E-state index in [1.165, 1.54) is 0 Å². The van der Waals surface area contributed by atoms with Gasteiger partial charge in [0.2, 0.25) is 0 Å². The number of hydrogen-bond donors (Lipinski definition) is 5. The lowest BCUT2D eigenvalue weighted by atomic mass is 9.50. The average molecular weight is 726 g/mol. The number of amides is 2. The molecule has 13 nitrogen and oxygen atoms in total. The van der Waals surface area contributed by atoms with Gasteiger partial charge in [-0.3, -0.25) is 24.1 Å². The van der Waals surface area contributed by atoms with E-state index in [0.717, 1.165) is 11.1 Å². The van der Waals surface area contributed by atoms with E-state index >= 15 is 0 Å². The standard InChI is InChI=1S/C40H43N3O10/c1-43-21-18-39-32-26-12-13-27(23-44)35(32)52-36(39)28(51-30(45)15-19-41-37(49)33(47)24-8-4-2-5-9-24)14-17-40(39,29(43)22-26)53-31(46)16-20-42-38(50)34(48)25-10-6-3-7-11-25/h2-14,29,33-34,36,44,47-48H,15-23H2,1H3,(H,41,49)(H,42,50)/t29-,33+,34+,36?,39?,40-/m1/s1. The van der Waals surface area contributed by atoms with Crippen LogP contribution in [0.15, 0.2) is 84.6 Å². The fourth-order valence-corrected chi connectivity index (χ4v) is 8.58. The summed E-state index contributed by atoms with van der Waals surface area (Å²) in [6, 6.07) is 20.5. The predicted octanol–water partition coefficient (Wildman–Crippen LogP) is 2.03. The lowest BCUT2D eigenvalue weighted by molar-refractivity contribution is -0.206. The van der Waals surface area contributed by atoms with Crippen LogP contribution in [0.1, 0.15) is 65.7 Å². The molecule has 1 fully saturated rings. The number of likely N-dealkylation sites (tertiary alicyclic amines) is 1. The van der Waals surface area contributed by atoms with Crippen LogP contribution in [0.2, 0.25) is 0 Å². The summed E-state index contributed by atoms with van der Waals surface area (Å²) < 4.78 is 19.2. The Morgan fingerprint density at radius 3 is 2.09 bits per heavy atom. The summed E-state index contributed by atoms with van der Waals surface area (Å²) in [6.45, 7) is 0.219. The number of likely N-dealkylation sites (N-methyl/N-ethyl adjacent to an activating group) is 1. The van der Waals surface area contributed by atoms with Gasteiger partial charge in [-0.25, -0.2) is 0 Å². The molecule has 3 aromatic rings. The van der Waals surface area contributed by atoms with E-state index in [-0.39, 0.29) is 50.8 Å². The quantitative estimate of drug-likeness (QED) is 0.163. The van der Waals surface area contributed by atoms with Crippen molar-refractivity contribution in [3.05, 3.63) is 112 Å². The molecule has 1 spiro atoms. The Bertz CT molecular complexity index is 1920. The zero-order chi connectivity index (χ0) is 37.3. The topological polar surface area (TPSA) is 184 Å². The molecule has 6 atom stereocenters. The number of piperidine rings is 1. The number of hydrogen-bond acceptors (Lipinski definition) is 11. The molecule has 0 aromatic heterocycles. The Kier molecular flexibility index (Phi) is 10.1. The molecule has 13 heteroatoms. The van der Waals surface area contributed by atoms with Crippen LogP contribution >= 0.6 is 0 Å². The number of rotatable bonds is 13. The second-order valence-corrected chi connectivity index (χ2v) is 14.0. The van der Waals surface area contributed by atoms with Crippen LogP contribution in [-0.4, -0.2) is 88.4 Å². The third-order valence-electron chi connectivity index (χ3n) is 11.1. The van der Waals surface area contributed by atoms with Gasteiger partial charge in [0.05, 0.1) is 30.9 Å². The van der Waals surface area contributed by atoms with Gasteiger partial charge >= 0.3 is 11.9 Å². The normalized spacial score (nSPS) is 24.8. The van der Waals surface area contributed by atoms with Crippen LogP contribution in [0.4, 0.5) is 0 Å². The molecule has 3 aromatic carbocycles. The van der Waals surface area contributed by atoms with Crippen molar-refractivity contribution in [1.29, 1.82) is 0 Å². The van der Waals surface area contributed by atoms with Gasteiger partial charge in [-0.15, -0.1) is 0 Å². The highest BCUT2D eigenvalue weighted by molar-refractivity contribution is 5.83. The monoisotopic (exact) mass is 725 g/mol. The third kappa shape index (κ3) is 6.37. The Morgan fingerprint density at radius 2 is 1.49 bits per heavy atom. The van der Waals surface area contributed by atoms with Gasteiger partial charge in [-0.1, -0.05) is 72.8 Å². The molecule has 1 saturated heterocycles. The number of ether oxygens (including phenoxy) is 3. The Morgan fingerprint density at radius 1 is 0.887 bits per heavy atom. The van der Waals surface area contributed by atoms with E-state index in [1.54, 1.807) is 66.7 Å². The Hall–Kier alpha value is -5.08.